The third kappa shape index (κ3) is 6.56. The first-order chi connectivity index (χ1) is 7.84. The van der Waals surface area contributed by atoms with Crippen molar-refractivity contribution in [2.75, 3.05) is 19.4 Å². The van der Waals surface area contributed by atoms with Crippen molar-refractivity contribution in [3.8, 4) is 0 Å². The van der Waals surface area contributed by atoms with Crippen molar-refractivity contribution >= 4 is 19.3 Å². The van der Waals surface area contributed by atoms with Gasteiger partial charge in [-0.3, -0.25) is 9.36 Å². The molecule has 0 spiro atoms. The number of hydrogen-bond donors (Lipinski definition) is 0. The lowest BCUT2D eigenvalue weighted by molar-refractivity contribution is -0.155. The first kappa shape index (κ1) is 16.3. The molecule has 0 unspecified atom stereocenters. The van der Waals surface area contributed by atoms with E-state index in [2.05, 4.69) is 0 Å². The van der Waals surface area contributed by atoms with Crippen LogP contribution in [0.15, 0.2) is 0 Å². The maximum absolute atomic E-state index is 11.9. The van der Waals surface area contributed by atoms with Gasteiger partial charge in [0.25, 0.3) is 5.78 Å². The molecule has 7 heteroatoms. The monoisotopic (exact) mass is 266 g/mol. The number of hydrogen-bond acceptors (Lipinski definition) is 6. The Morgan fingerprint density at radius 1 is 1.12 bits per heavy atom. The van der Waals surface area contributed by atoms with Crippen LogP contribution in [0.1, 0.15) is 27.7 Å². The summed E-state index contributed by atoms with van der Waals surface area (Å²) >= 11 is 0. The number of Topliss-reactive ketones (excluding diaryl/α,β-unsaturated/α-hetero) is 1. The molecule has 0 N–H and O–H groups in total. The Bertz CT molecular complexity index is 302. The summed E-state index contributed by atoms with van der Waals surface area (Å²) < 4.78 is 26.4. The molecule has 0 bridgehead atoms. The third-order valence-electron chi connectivity index (χ3n) is 1.56. The summed E-state index contributed by atoms with van der Waals surface area (Å²) in [5.74, 6) is -1.91. The van der Waals surface area contributed by atoms with E-state index in [1.807, 2.05) is 0 Å². The molecule has 0 fully saturated rings. The van der Waals surface area contributed by atoms with Crippen molar-refractivity contribution in [3.05, 3.63) is 0 Å². The molecule has 17 heavy (non-hydrogen) atoms. The topological polar surface area (TPSA) is 78.9 Å². The Morgan fingerprint density at radius 2 is 1.59 bits per heavy atom. The highest BCUT2D eigenvalue weighted by Crippen LogP contribution is 2.47. The summed E-state index contributed by atoms with van der Waals surface area (Å²) in [5.41, 5.74) is 0. The zero-order chi connectivity index (χ0) is 13.5. The van der Waals surface area contributed by atoms with E-state index in [4.69, 9.17) is 13.8 Å². The van der Waals surface area contributed by atoms with Gasteiger partial charge in [0.2, 0.25) is 0 Å². The summed E-state index contributed by atoms with van der Waals surface area (Å²) in [7, 11) is -3.52. The molecule has 100 valence electrons. The minimum atomic E-state index is -3.52. The lowest BCUT2D eigenvalue weighted by atomic mass is 10.4. The van der Waals surface area contributed by atoms with Gasteiger partial charge in [0.1, 0.15) is 6.16 Å². The molecule has 0 rings (SSSR count). The van der Waals surface area contributed by atoms with Gasteiger partial charge in [-0.25, -0.2) is 4.79 Å². The van der Waals surface area contributed by atoms with Crippen LogP contribution >= 0.6 is 7.60 Å². The Kier molecular flexibility index (Phi) is 7.27. The zero-order valence-corrected chi connectivity index (χ0v) is 11.5. The molecule has 0 radical (unpaired) electrons. The van der Waals surface area contributed by atoms with Crippen LogP contribution < -0.4 is 0 Å². The second-order valence-corrected chi connectivity index (χ2v) is 5.54. The molecule has 0 saturated carbocycles. The van der Waals surface area contributed by atoms with Crippen LogP contribution in [-0.4, -0.2) is 37.2 Å². The Hall–Kier alpha value is -0.710. The summed E-state index contributed by atoms with van der Waals surface area (Å²) in [6, 6.07) is 0. The Morgan fingerprint density at radius 3 is 1.94 bits per heavy atom. The maximum atomic E-state index is 11.9. The lowest BCUT2D eigenvalue weighted by Crippen LogP contribution is -2.24. The highest BCUT2D eigenvalue weighted by Gasteiger charge is 2.31. The quantitative estimate of drug-likeness (QED) is 0.378. The normalized spacial score (nSPS) is 11.6. The van der Waals surface area contributed by atoms with Crippen molar-refractivity contribution in [3.63, 3.8) is 0 Å². The van der Waals surface area contributed by atoms with Gasteiger partial charge in [0, 0.05) is 0 Å². The minimum Gasteiger partial charge on any atom is -0.457 e. The predicted octanol–water partition coefficient (Wildman–Crippen LogP) is 1.77. The zero-order valence-electron chi connectivity index (χ0n) is 10.6. The van der Waals surface area contributed by atoms with Crippen LogP contribution in [0, 0.1) is 0 Å². The van der Waals surface area contributed by atoms with Crippen molar-refractivity contribution in [2.24, 2.45) is 0 Å². The van der Waals surface area contributed by atoms with E-state index < -0.39 is 31.6 Å². The van der Waals surface area contributed by atoms with E-state index in [0.717, 1.165) is 0 Å². The largest absolute Gasteiger partial charge is 0.457 e. The fourth-order valence-corrected chi connectivity index (χ4v) is 2.57. The summed E-state index contributed by atoms with van der Waals surface area (Å²) in [6.07, 6.45) is -0.981. The first-order valence-electron chi connectivity index (χ1n) is 5.46. The van der Waals surface area contributed by atoms with Gasteiger partial charge in [-0.15, -0.1) is 0 Å². The molecule has 0 amide bonds. The van der Waals surface area contributed by atoms with Gasteiger partial charge in [-0.1, -0.05) is 0 Å². The van der Waals surface area contributed by atoms with E-state index in [1.54, 1.807) is 27.7 Å². The highest BCUT2D eigenvalue weighted by molar-refractivity contribution is 7.55. The van der Waals surface area contributed by atoms with Gasteiger partial charge in [-0.05, 0) is 27.7 Å². The van der Waals surface area contributed by atoms with Gasteiger partial charge in [-0.2, -0.15) is 0 Å². The summed E-state index contributed by atoms with van der Waals surface area (Å²) in [5, 5.41) is 0. The number of ketones is 1. The molecule has 0 aromatic rings. The van der Waals surface area contributed by atoms with Crippen molar-refractivity contribution < 1.29 is 27.9 Å². The molecule has 0 aliphatic carbocycles. The molecule has 0 atom stereocenters. The van der Waals surface area contributed by atoms with Crippen LogP contribution in [0.2, 0.25) is 0 Å². The number of carbonyl (C=O) groups excluding carboxylic acids is 2. The summed E-state index contributed by atoms with van der Waals surface area (Å²) in [4.78, 5) is 22.7. The summed E-state index contributed by atoms with van der Waals surface area (Å²) in [6.45, 7) is 6.78. The number of ether oxygens (including phenoxy) is 1. The standard InChI is InChI=1S/C10H19O6P/c1-5-14-17(13,15-6-2)7-9(11)10(12)16-8(3)4/h8H,5-7H2,1-4H3. The fourth-order valence-electron chi connectivity index (χ4n) is 1.04. The second-order valence-electron chi connectivity index (χ2n) is 3.48. The number of esters is 1. The van der Waals surface area contributed by atoms with E-state index in [-0.39, 0.29) is 13.2 Å². The second kappa shape index (κ2) is 7.58. The van der Waals surface area contributed by atoms with Crippen LogP contribution in [0.5, 0.6) is 0 Å². The molecule has 0 heterocycles. The maximum Gasteiger partial charge on any atom is 0.375 e. The molecule has 0 aromatic carbocycles. The van der Waals surface area contributed by atoms with Crippen molar-refractivity contribution in [2.45, 2.75) is 33.8 Å². The minimum absolute atomic E-state index is 0.143. The first-order valence-corrected chi connectivity index (χ1v) is 7.19. The van der Waals surface area contributed by atoms with E-state index in [0.29, 0.717) is 0 Å². The molecule has 0 saturated heterocycles. The van der Waals surface area contributed by atoms with E-state index >= 15 is 0 Å². The smallest absolute Gasteiger partial charge is 0.375 e. The van der Waals surface area contributed by atoms with E-state index in [1.165, 1.54) is 0 Å². The van der Waals surface area contributed by atoms with Crippen molar-refractivity contribution in [1.29, 1.82) is 0 Å². The average Bonchev–Trinajstić information content (AvgIpc) is 2.16. The van der Waals surface area contributed by atoms with Crippen LogP contribution in [0.25, 0.3) is 0 Å². The highest BCUT2D eigenvalue weighted by atomic mass is 31.2. The molecule has 6 nitrogen and oxygen atoms in total. The van der Waals surface area contributed by atoms with Gasteiger partial charge in [0.05, 0.1) is 19.3 Å². The number of rotatable bonds is 8. The van der Waals surface area contributed by atoms with Gasteiger partial charge in [0.15, 0.2) is 0 Å². The van der Waals surface area contributed by atoms with Crippen LogP contribution in [0.3, 0.4) is 0 Å². The average molecular weight is 266 g/mol. The third-order valence-corrected chi connectivity index (χ3v) is 3.54. The molecular formula is C10H19O6P. The molecule has 0 aromatic heterocycles. The van der Waals surface area contributed by atoms with Crippen LogP contribution in [0.4, 0.5) is 0 Å². The fraction of sp³-hybridized carbons (Fsp3) is 0.800. The predicted molar refractivity (Wildman–Crippen MR) is 62.0 cm³/mol. The van der Waals surface area contributed by atoms with E-state index in [9.17, 15) is 14.2 Å². The van der Waals surface area contributed by atoms with Gasteiger partial charge < -0.3 is 13.8 Å². The van der Waals surface area contributed by atoms with Gasteiger partial charge >= 0.3 is 13.6 Å². The van der Waals surface area contributed by atoms with Crippen LogP contribution in [-0.2, 0) is 27.9 Å². The number of carbonyl (C=O) groups is 2. The molecule has 0 aliphatic heterocycles. The SMILES string of the molecule is CCOP(=O)(CC(=O)C(=O)OC(C)C)OCC. The molecule has 0 aliphatic rings. The Balaban J connectivity index is 4.50. The Labute approximate surface area is 101 Å². The lowest BCUT2D eigenvalue weighted by Gasteiger charge is -2.16. The molecular weight excluding hydrogens is 247 g/mol. The van der Waals surface area contributed by atoms with Crippen molar-refractivity contribution in [1.82, 2.24) is 0 Å².